The van der Waals surface area contributed by atoms with Crippen molar-refractivity contribution in [3.8, 4) is 17.5 Å². The summed E-state index contributed by atoms with van der Waals surface area (Å²) in [5, 5.41) is 22.4. The number of aromatic nitrogens is 2. The smallest absolute Gasteiger partial charge is 0.405 e. The van der Waals surface area contributed by atoms with Crippen LogP contribution in [-0.2, 0) is 0 Å². The summed E-state index contributed by atoms with van der Waals surface area (Å²) in [6, 6.07) is 6.12. The minimum absolute atomic E-state index is 0.205. The van der Waals surface area contributed by atoms with Crippen molar-refractivity contribution < 1.29 is 24.3 Å². The first-order valence-corrected chi connectivity index (χ1v) is 7.26. The summed E-state index contributed by atoms with van der Waals surface area (Å²) in [7, 11) is 1.26. The van der Waals surface area contributed by atoms with E-state index in [1.165, 1.54) is 7.11 Å². The van der Waals surface area contributed by atoms with Gasteiger partial charge in [0.25, 0.3) is 0 Å². The van der Waals surface area contributed by atoms with E-state index in [9.17, 15) is 14.9 Å². The van der Waals surface area contributed by atoms with E-state index in [0.717, 1.165) is 11.9 Å². The van der Waals surface area contributed by atoms with Crippen molar-refractivity contribution in [2.24, 2.45) is 0 Å². The third kappa shape index (κ3) is 4.31. The van der Waals surface area contributed by atoms with E-state index in [-0.39, 0.29) is 17.8 Å². The Labute approximate surface area is 142 Å². The molecule has 1 amide bonds. The van der Waals surface area contributed by atoms with Gasteiger partial charge in [-0.1, -0.05) is 19.1 Å². The highest BCUT2D eigenvalue weighted by atomic mass is 16.6. The van der Waals surface area contributed by atoms with E-state index in [2.05, 4.69) is 15.3 Å². The van der Waals surface area contributed by atoms with E-state index in [1.54, 1.807) is 24.3 Å². The number of carbonyl (C=O) groups is 1. The molecule has 0 saturated heterocycles. The molecule has 2 rings (SSSR count). The Balaban J connectivity index is 2.25. The minimum Gasteiger partial charge on any atom is -0.476 e. The molecule has 0 aliphatic heterocycles. The van der Waals surface area contributed by atoms with Gasteiger partial charge >= 0.3 is 23.5 Å². The van der Waals surface area contributed by atoms with Crippen molar-refractivity contribution >= 4 is 11.8 Å². The van der Waals surface area contributed by atoms with Gasteiger partial charge in [-0.05, 0) is 24.1 Å². The van der Waals surface area contributed by atoms with Gasteiger partial charge < -0.3 is 19.9 Å². The Kier molecular flexibility index (Phi) is 5.66. The summed E-state index contributed by atoms with van der Waals surface area (Å²) in [5.74, 6) is -0.151. The lowest BCUT2D eigenvalue weighted by atomic mass is 10.0. The molecule has 0 radical (unpaired) electrons. The molecular formula is C15H16N4O6. The third-order valence-corrected chi connectivity index (χ3v) is 3.33. The average molecular weight is 348 g/mol. The largest absolute Gasteiger partial charge is 0.476 e. The van der Waals surface area contributed by atoms with Gasteiger partial charge in [0, 0.05) is 0 Å². The molecule has 10 nitrogen and oxygen atoms in total. The van der Waals surface area contributed by atoms with Crippen LogP contribution in [0.25, 0.3) is 0 Å². The molecule has 0 aliphatic rings. The van der Waals surface area contributed by atoms with Crippen LogP contribution in [0.1, 0.15) is 24.9 Å². The lowest BCUT2D eigenvalue weighted by Crippen LogP contribution is -2.26. The molecule has 132 valence electrons. The Morgan fingerprint density at radius 2 is 1.96 bits per heavy atom. The molecule has 1 atom stereocenters. The Morgan fingerprint density at radius 1 is 1.32 bits per heavy atom. The molecule has 0 spiro atoms. The summed E-state index contributed by atoms with van der Waals surface area (Å²) in [4.78, 5) is 28.7. The zero-order valence-corrected chi connectivity index (χ0v) is 13.5. The fraction of sp³-hybridized carbons (Fsp3) is 0.267. The average Bonchev–Trinajstić information content (AvgIpc) is 2.59. The minimum atomic E-state index is -1.11. The molecule has 1 aromatic heterocycles. The SMILES string of the molecule is CCC(NC(=O)O)c1ccc(Oc2ncnc(OC)c2[N+](=O)[O-])cc1. The van der Waals surface area contributed by atoms with E-state index in [0.29, 0.717) is 12.2 Å². The second-order valence-corrected chi connectivity index (χ2v) is 4.88. The molecule has 1 unspecified atom stereocenters. The van der Waals surface area contributed by atoms with Crippen molar-refractivity contribution in [2.75, 3.05) is 7.11 Å². The van der Waals surface area contributed by atoms with Gasteiger partial charge in [0.15, 0.2) is 0 Å². The van der Waals surface area contributed by atoms with Crippen molar-refractivity contribution in [1.29, 1.82) is 0 Å². The second kappa shape index (κ2) is 7.90. The van der Waals surface area contributed by atoms with Crippen LogP contribution in [0.2, 0.25) is 0 Å². The van der Waals surface area contributed by atoms with Crippen LogP contribution >= 0.6 is 0 Å². The molecule has 1 heterocycles. The van der Waals surface area contributed by atoms with Crippen LogP contribution in [0, 0.1) is 10.1 Å². The predicted octanol–water partition coefficient (Wildman–Crippen LogP) is 2.90. The lowest BCUT2D eigenvalue weighted by Gasteiger charge is -2.15. The Bertz CT molecular complexity index is 765. The summed E-state index contributed by atoms with van der Waals surface area (Å²) in [6.07, 6.45) is 0.552. The first-order valence-electron chi connectivity index (χ1n) is 7.26. The number of nitrogens with one attached hydrogen (secondary N) is 1. The number of hydrogen-bond donors (Lipinski definition) is 2. The molecule has 2 aromatic rings. The van der Waals surface area contributed by atoms with Gasteiger partial charge in [0.2, 0.25) is 0 Å². The molecular weight excluding hydrogens is 332 g/mol. The van der Waals surface area contributed by atoms with Gasteiger partial charge in [-0.2, -0.15) is 9.97 Å². The summed E-state index contributed by atoms with van der Waals surface area (Å²) in [6.45, 7) is 1.85. The Morgan fingerprint density at radius 3 is 2.48 bits per heavy atom. The van der Waals surface area contributed by atoms with Crippen LogP contribution < -0.4 is 14.8 Å². The second-order valence-electron chi connectivity index (χ2n) is 4.88. The van der Waals surface area contributed by atoms with Crippen molar-refractivity contribution in [3.05, 3.63) is 46.3 Å². The molecule has 2 N–H and O–H groups in total. The number of nitro groups is 1. The van der Waals surface area contributed by atoms with Crippen LogP contribution in [0.4, 0.5) is 10.5 Å². The molecule has 10 heteroatoms. The number of carboxylic acid groups (broad SMARTS) is 1. The van der Waals surface area contributed by atoms with E-state index in [4.69, 9.17) is 14.6 Å². The van der Waals surface area contributed by atoms with Gasteiger partial charge in [0.05, 0.1) is 18.1 Å². The van der Waals surface area contributed by atoms with E-state index in [1.807, 2.05) is 6.92 Å². The third-order valence-electron chi connectivity index (χ3n) is 3.33. The normalized spacial score (nSPS) is 11.4. The van der Waals surface area contributed by atoms with Crippen LogP contribution in [0.15, 0.2) is 30.6 Å². The number of nitrogens with zero attached hydrogens (tertiary/aromatic N) is 3. The van der Waals surface area contributed by atoms with Gasteiger partial charge in [-0.25, -0.2) is 4.79 Å². The molecule has 0 bridgehead atoms. The monoisotopic (exact) mass is 348 g/mol. The molecule has 0 saturated carbocycles. The Hall–Kier alpha value is -3.43. The molecule has 0 fully saturated rings. The molecule has 1 aromatic carbocycles. The van der Waals surface area contributed by atoms with Gasteiger partial charge in [0.1, 0.15) is 12.1 Å². The lowest BCUT2D eigenvalue weighted by molar-refractivity contribution is -0.387. The highest BCUT2D eigenvalue weighted by Gasteiger charge is 2.26. The number of hydrogen-bond acceptors (Lipinski definition) is 7. The number of benzene rings is 1. The fourth-order valence-corrected chi connectivity index (χ4v) is 2.18. The fourth-order valence-electron chi connectivity index (χ4n) is 2.18. The van der Waals surface area contributed by atoms with Crippen molar-refractivity contribution in [2.45, 2.75) is 19.4 Å². The first kappa shape index (κ1) is 17.9. The summed E-state index contributed by atoms with van der Waals surface area (Å²) in [5.41, 5.74) is 0.264. The van der Waals surface area contributed by atoms with Crippen LogP contribution in [-0.4, -0.2) is 33.2 Å². The zero-order valence-electron chi connectivity index (χ0n) is 13.5. The van der Waals surface area contributed by atoms with Gasteiger partial charge in [-0.3, -0.25) is 10.1 Å². The number of methoxy groups -OCH3 is 1. The molecule has 25 heavy (non-hydrogen) atoms. The maximum atomic E-state index is 11.2. The standard InChI is InChI=1S/C15H16N4O6/c1-3-11(18-15(20)21)9-4-6-10(7-5-9)25-14-12(19(22)23)13(24-2)16-8-17-14/h4-8,11,18H,3H2,1-2H3,(H,20,21). The highest BCUT2D eigenvalue weighted by Crippen LogP contribution is 2.35. The van der Waals surface area contributed by atoms with Crippen molar-refractivity contribution in [1.82, 2.24) is 15.3 Å². The highest BCUT2D eigenvalue weighted by molar-refractivity contribution is 5.65. The van der Waals surface area contributed by atoms with Crippen LogP contribution in [0.3, 0.4) is 0 Å². The maximum Gasteiger partial charge on any atom is 0.405 e. The summed E-state index contributed by atoms with van der Waals surface area (Å²) >= 11 is 0. The zero-order chi connectivity index (χ0) is 18.4. The number of amides is 1. The predicted molar refractivity (Wildman–Crippen MR) is 85.9 cm³/mol. The number of rotatable bonds is 7. The van der Waals surface area contributed by atoms with Crippen molar-refractivity contribution in [3.63, 3.8) is 0 Å². The van der Waals surface area contributed by atoms with E-state index >= 15 is 0 Å². The topological polar surface area (TPSA) is 137 Å². The molecule has 0 aliphatic carbocycles. The first-order chi connectivity index (χ1) is 12.0. The van der Waals surface area contributed by atoms with E-state index < -0.39 is 16.7 Å². The summed E-state index contributed by atoms with van der Waals surface area (Å²) < 4.78 is 10.3. The van der Waals surface area contributed by atoms with Crippen LogP contribution in [0.5, 0.6) is 17.5 Å². The van der Waals surface area contributed by atoms with Gasteiger partial charge in [-0.15, -0.1) is 0 Å². The maximum absolute atomic E-state index is 11.2. The number of ether oxygens (including phenoxy) is 2. The quantitative estimate of drug-likeness (QED) is 0.575.